The number of carbonyl (C=O) groups excluding carboxylic acids is 2. The number of rotatable bonds is 8. The molecule has 156 valence electrons. The molecular formula is C22H23N3O5. The third-order valence-corrected chi connectivity index (χ3v) is 4.57. The molecule has 2 amide bonds. The second kappa shape index (κ2) is 9.13. The van der Waals surface area contributed by atoms with Crippen molar-refractivity contribution in [3.05, 3.63) is 70.6 Å². The lowest BCUT2D eigenvalue weighted by molar-refractivity contribution is -0.117. The summed E-state index contributed by atoms with van der Waals surface area (Å²) < 4.78 is 16.4. The van der Waals surface area contributed by atoms with Crippen molar-refractivity contribution in [2.45, 2.75) is 26.9 Å². The molecule has 3 N–H and O–H groups in total. The highest BCUT2D eigenvalue weighted by Gasteiger charge is 2.14. The molecule has 0 radical (unpaired) electrons. The van der Waals surface area contributed by atoms with E-state index in [0.717, 1.165) is 16.8 Å². The van der Waals surface area contributed by atoms with Crippen LogP contribution in [-0.2, 0) is 17.8 Å². The average molecular weight is 409 g/mol. The number of aryl methyl sites for hydroxylation is 2. The molecule has 0 bridgehead atoms. The van der Waals surface area contributed by atoms with Crippen molar-refractivity contribution in [2.75, 3.05) is 12.4 Å². The van der Waals surface area contributed by atoms with Gasteiger partial charge in [-0.05, 0) is 49.7 Å². The monoisotopic (exact) mass is 409 g/mol. The Balaban J connectivity index is 1.69. The van der Waals surface area contributed by atoms with Gasteiger partial charge in [0, 0.05) is 11.3 Å². The van der Waals surface area contributed by atoms with Gasteiger partial charge >= 0.3 is 0 Å². The highest BCUT2D eigenvalue weighted by atomic mass is 16.5. The Morgan fingerprint density at radius 1 is 1.10 bits per heavy atom. The summed E-state index contributed by atoms with van der Waals surface area (Å²) in [4.78, 5) is 23.6. The first kappa shape index (κ1) is 20.9. The summed E-state index contributed by atoms with van der Waals surface area (Å²) in [5.74, 6) is 0.934. The number of ether oxygens (including phenoxy) is 2. The van der Waals surface area contributed by atoms with E-state index >= 15 is 0 Å². The summed E-state index contributed by atoms with van der Waals surface area (Å²) in [6.45, 7) is 3.95. The largest absolute Gasteiger partial charge is 0.493 e. The minimum absolute atomic E-state index is 0.154. The zero-order valence-corrected chi connectivity index (χ0v) is 17.0. The summed E-state index contributed by atoms with van der Waals surface area (Å²) >= 11 is 0. The first-order valence-electron chi connectivity index (χ1n) is 9.28. The van der Waals surface area contributed by atoms with Crippen LogP contribution in [0.25, 0.3) is 0 Å². The number of hydrogen-bond acceptors (Lipinski definition) is 6. The molecule has 2 aromatic carbocycles. The summed E-state index contributed by atoms with van der Waals surface area (Å²) in [6, 6.07) is 11.9. The fraction of sp³-hybridized carbons (Fsp3) is 0.227. The van der Waals surface area contributed by atoms with Gasteiger partial charge in [-0.1, -0.05) is 17.3 Å². The van der Waals surface area contributed by atoms with Gasteiger partial charge in [0.2, 0.25) is 5.91 Å². The zero-order chi connectivity index (χ0) is 21.7. The molecule has 0 fully saturated rings. The lowest BCUT2D eigenvalue weighted by Gasteiger charge is -2.12. The number of nitrogens with two attached hydrogens (primary N) is 1. The number of nitrogens with one attached hydrogen (secondary N) is 1. The molecular weight excluding hydrogens is 386 g/mol. The topological polar surface area (TPSA) is 117 Å². The first-order valence-corrected chi connectivity index (χ1v) is 9.28. The molecule has 3 rings (SSSR count). The maximum absolute atomic E-state index is 12.6. The molecule has 0 aliphatic heterocycles. The van der Waals surface area contributed by atoms with E-state index in [-0.39, 0.29) is 18.9 Å². The van der Waals surface area contributed by atoms with Crippen molar-refractivity contribution in [1.82, 2.24) is 5.16 Å². The van der Waals surface area contributed by atoms with E-state index in [1.165, 1.54) is 7.11 Å². The van der Waals surface area contributed by atoms with Gasteiger partial charge in [0.05, 0.1) is 24.8 Å². The van der Waals surface area contributed by atoms with E-state index < -0.39 is 5.91 Å². The van der Waals surface area contributed by atoms with Crippen LogP contribution in [0.5, 0.6) is 11.5 Å². The third-order valence-electron chi connectivity index (χ3n) is 4.57. The number of amides is 2. The second-order valence-electron chi connectivity index (χ2n) is 6.75. The van der Waals surface area contributed by atoms with Crippen molar-refractivity contribution in [3.8, 4) is 11.5 Å². The normalized spacial score (nSPS) is 10.5. The Hall–Kier alpha value is -3.81. The Morgan fingerprint density at radius 2 is 1.83 bits per heavy atom. The number of hydrogen-bond donors (Lipinski definition) is 2. The van der Waals surface area contributed by atoms with Crippen LogP contribution in [0.3, 0.4) is 0 Å². The van der Waals surface area contributed by atoms with Gasteiger partial charge in [-0.25, -0.2) is 0 Å². The molecule has 8 heteroatoms. The number of methoxy groups -OCH3 is 1. The van der Waals surface area contributed by atoms with Crippen LogP contribution in [0.2, 0.25) is 0 Å². The lowest BCUT2D eigenvalue weighted by Crippen LogP contribution is -2.14. The molecule has 1 aromatic heterocycles. The lowest BCUT2D eigenvalue weighted by atomic mass is 10.1. The van der Waals surface area contributed by atoms with Gasteiger partial charge in [-0.2, -0.15) is 0 Å². The maximum atomic E-state index is 12.6. The van der Waals surface area contributed by atoms with Crippen molar-refractivity contribution in [1.29, 1.82) is 0 Å². The number of carbonyl (C=O) groups is 2. The Labute approximate surface area is 174 Å². The van der Waals surface area contributed by atoms with E-state index in [4.69, 9.17) is 19.7 Å². The molecule has 8 nitrogen and oxygen atoms in total. The van der Waals surface area contributed by atoms with Crippen molar-refractivity contribution in [3.63, 3.8) is 0 Å². The van der Waals surface area contributed by atoms with Crippen LogP contribution in [0.15, 0.2) is 47.0 Å². The predicted molar refractivity (Wildman–Crippen MR) is 111 cm³/mol. The van der Waals surface area contributed by atoms with E-state index in [2.05, 4.69) is 10.5 Å². The van der Waals surface area contributed by atoms with Crippen molar-refractivity contribution in [2.24, 2.45) is 5.73 Å². The fourth-order valence-corrected chi connectivity index (χ4v) is 2.90. The van der Waals surface area contributed by atoms with Gasteiger partial charge in [-0.15, -0.1) is 0 Å². The highest BCUT2D eigenvalue weighted by molar-refractivity contribution is 6.04. The van der Waals surface area contributed by atoms with Crippen molar-refractivity contribution >= 4 is 17.5 Å². The fourth-order valence-electron chi connectivity index (χ4n) is 2.90. The smallest absolute Gasteiger partial charge is 0.255 e. The maximum Gasteiger partial charge on any atom is 0.255 e. The molecule has 0 atom stereocenters. The number of nitrogens with zero attached hydrogens (tertiary/aromatic N) is 1. The van der Waals surface area contributed by atoms with E-state index in [9.17, 15) is 9.59 Å². The summed E-state index contributed by atoms with van der Waals surface area (Å²) in [7, 11) is 1.51. The van der Waals surface area contributed by atoms with E-state index in [1.807, 2.05) is 13.8 Å². The zero-order valence-electron chi connectivity index (χ0n) is 17.0. The SMILES string of the molecule is COc1cc(C(=O)Nc2ccc(CC(N)=O)cc2)ccc1OCc1c(C)noc1C. The summed E-state index contributed by atoms with van der Waals surface area (Å²) in [5, 5.41) is 6.71. The Kier molecular flexibility index (Phi) is 6.36. The number of aromatic nitrogens is 1. The molecule has 0 saturated heterocycles. The first-order chi connectivity index (χ1) is 14.4. The van der Waals surface area contributed by atoms with Crippen LogP contribution in [0, 0.1) is 13.8 Å². The number of benzene rings is 2. The molecule has 0 spiro atoms. The molecule has 0 aliphatic rings. The molecule has 0 saturated carbocycles. The van der Waals surface area contributed by atoms with Crippen LogP contribution in [0.4, 0.5) is 5.69 Å². The van der Waals surface area contributed by atoms with E-state index in [0.29, 0.717) is 28.5 Å². The Bertz CT molecular complexity index is 1040. The van der Waals surface area contributed by atoms with Crippen LogP contribution < -0.4 is 20.5 Å². The summed E-state index contributed by atoms with van der Waals surface area (Å²) in [6.07, 6.45) is 0.154. The van der Waals surface area contributed by atoms with Gasteiger partial charge in [0.25, 0.3) is 5.91 Å². The van der Waals surface area contributed by atoms with Gasteiger partial charge in [0.15, 0.2) is 11.5 Å². The van der Waals surface area contributed by atoms with Crippen LogP contribution in [0.1, 0.15) is 32.9 Å². The predicted octanol–water partition coefficient (Wildman–Crippen LogP) is 3.16. The molecule has 1 heterocycles. The van der Waals surface area contributed by atoms with Crippen LogP contribution >= 0.6 is 0 Å². The van der Waals surface area contributed by atoms with Crippen molar-refractivity contribution < 1.29 is 23.6 Å². The summed E-state index contributed by atoms with van der Waals surface area (Å²) in [5.41, 5.74) is 8.62. The Morgan fingerprint density at radius 3 is 2.43 bits per heavy atom. The minimum Gasteiger partial charge on any atom is -0.493 e. The number of anilines is 1. The second-order valence-corrected chi connectivity index (χ2v) is 6.75. The average Bonchev–Trinajstić information content (AvgIpc) is 3.04. The molecule has 3 aromatic rings. The van der Waals surface area contributed by atoms with Gasteiger partial charge in [-0.3, -0.25) is 9.59 Å². The minimum atomic E-state index is -0.407. The standard InChI is InChI=1S/C22H23N3O5/c1-13-18(14(2)30-25-13)12-29-19-9-6-16(11-20(19)28-3)22(27)24-17-7-4-15(5-8-17)10-21(23)26/h4-9,11H,10,12H2,1-3H3,(H2,23,26)(H,24,27). The van der Waals surface area contributed by atoms with Gasteiger partial charge < -0.3 is 25.0 Å². The van der Waals surface area contributed by atoms with E-state index in [1.54, 1.807) is 42.5 Å². The third kappa shape index (κ3) is 4.96. The quantitative estimate of drug-likeness (QED) is 0.590. The number of primary amides is 1. The molecule has 0 aliphatic carbocycles. The molecule has 30 heavy (non-hydrogen) atoms. The van der Waals surface area contributed by atoms with Crippen LogP contribution in [-0.4, -0.2) is 24.1 Å². The molecule has 0 unspecified atom stereocenters. The highest BCUT2D eigenvalue weighted by Crippen LogP contribution is 2.30. The van der Waals surface area contributed by atoms with Gasteiger partial charge in [0.1, 0.15) is 12.4 Å².